The summed E-state index contributed by atoms with van der Waals surface area (Å²) in [6.07, 6.45) is 1.66. The molecule has 1 N–H and O–H groups in total. The van der Waals surface area contributed by atoms with E-state index in [0.29, 0.717) is 9.90 Å². The summed E-state index contributed by atoms with van der Waals surface area (Å²) in [4.78, 5) is 13.0. The fraction of sp³-hybridized carbons (Fsp3) is 0.0833. The third kappa shape index (κ3) is 3.07. The summed E-state index contributed by atoms with van der Waals surface area (Å²) in [6.45, 7) is 3.05. The fourth-order valence-corrected chi connectivity index (χ4v) is 5.28. The third-order valence-electron chi connectivity index (χ3n) is 5.23. The number of carbonyl (C=O) groups is 1. The predicted molar refractivity (Wildman–Crippen MR) is 127 cm³/mol. The Bertz CT molecular complexity index is 1450. The van der Waals surface area contributed by atoms with Gasteiger partial charge in [0, 0.05) is 38.4 Å². The number of nitrogens with one attached hydrogen (secondary N) is 1. The van der Waals surface area contributed by atoms with Crippen molar-refractivity contribution in [3.63, 3.8) is 0 Å². The van der Waals surface area contributed by atoms with Crippen molar-refractivity contribution in [2.45, 2.75) is 13.5 Å². The number of hydrazone groups is 1. The lowest BCUT2D eigenvalue weighted by Crippen LogP contribution is -2.16. The summed E-state index contributed by atoms with van der Waals surface area (Å²) >= 11 is 7.75. The van der Waals surface area contributed by atoms with E-state index in [1.165, 1.54) is 33.1 Å². The number of halogens is 1. The molecule has 0 fully saturated rings. The highest BCUT2D eigenvalue weighted by Gasteiger charge is 2.16. The molecular weight excluding hydrogens is 414 g/mol. The molecule has 1 amide bonds. The Balaban J connectivity index is 1.43. The van der Waals surface area contributed by atoms with Gasteiger partial charge in [0.25, 0.3) is 5.91 Å². The molecule has 0 aliphatic carbocycles. The molecule has 30 heavy (non-hydrogen) atoms. The number of carbonyl (C=O) groups excluding carboxylic acids is 1. The fourth-order valence-electron chi connectivity index (χ4n) is 3.87. The predicted octanol–water partition coefficient (Wildman–Crippen LogP) is 6.45. The van der Waals surface area contributed by atoms with Gasteiger partial charge in [-0.25, -0.2) is 5.43 Å². The zero-order valence-corrected chi connectivity index (χ0v) is 17.8. The monoisotopic (exact) mass is 431 g/mol. The number of hydrogen-bond acceptors (Lipinski definition) is 3. The summed E-state index contributed by atoms with van der Waals surface area (Å²) < 4.78 is 3.28. The second-order valence-electron chi connectivity index (χ2n) is 6.98. The standard InChI is InChI=1S/C24H18ClN3OS/c1-2-28-19-9-5-3-7-16(19)18-13-15(11-12-20(18)28)14-26-27-24(29)23-22(25)17-8-4-6-10-21(17)30-23/h3-14H,2H2,1H3,(H,27,29). The van der Waals surface area contributed by atoms with Crippen LogP contribution < -0.4 is 5.43 Å². The average molecular weight is 432 g/mol. The smallest absolute Gasteiger partial charge is 0.283 e. The van der Waals surface area contributed by atoms with E-state index >= 15 is 0 Å². The Kier molecular flexibility index (Phi) is 4.77. The van der Waals surface area contributed by atoms with Crippen LogP contribution in [0.25, 0.3) is 31.9 Å². The molecule has 0 bridgehead atoms. The minimum atomic E-state index is -0.305. The van der Waals surface area contributed by atoms with Crippen LogP contribution >= 0.6 is 22.9 Å². The molecule has 0 radical (unpaired) electrons. The van der Waals surface area contributed by atoms with Gasteiger partial charge in [-0.05, 0) is 36.8 Å². The van der Waals surface area contributed by atoms with Crippen LogP contribution in [-0.2, 0) is 6.54 Å². The van der Waals surface area contributed by atoms with Crippen molar-refractivity contribution in [1.82, 2.24) is 9.99 Å². The molecule has 148 valence electrons. The van der Waals surface area contributed by atoms with E-state index in [9.17, 15) is 4.79 Å². The van der Waals surface area contributed by atoms with Crippen molar-refractivity contribution >= 4 is 67.0 Å². The van der Waals surface area contributed by atoms with Gasteiger partial charge in [0.1, 0.15) is 4.88 Å². The molecule has 0 saturated heterocycles. The number of benzene rings is 3. The average Bonchev–Trinajstić information content (AvgIpc) is 3.28. The van der Waals surface area contributed by atoms with Gasteiger partial charge in [0.2, 0.25) is 0 Å². The summed E-state index contributed by atoms with van der Waals surface area (Å²) in [6, 6.07) is 22.3. The molecule has 0 atom stereocenters. The molecular formula is C24H18ClN3OS. The van der Waals surface area contributed by atoms with E-state index in [2.05, 4.69) is 58.4 Å². The zero-order valence-electron chi connectivity index (χ0n) is 16.2. The first kappa shape index (κ1) is 18.9. The Hall–Kier alpha value is -3.15. The van der Waals surface area contributed by atoms with Crippen LogP contribution in [0.4, 0.5) is 0 Å². The van der Waals surface area contributed by atoms with Gasteiger partial charge in [0.15, 0.2) is 0 Å². The number of hydrogen-bond donors (Lipinski definition) is 1. The highest BCUT2D eigenvalue weighted by atomic mass is 35.5. The molecule has 0 aliphatic heterocycles. The lowest BCUT2D eigenvalue weighted by Gasteiger charge is -2.02. The van der Waals surface area contributed by atoms with Gasteiger partial charge in [-0.15, -0.1) is 11.3 Å². The maximum Gasteiger partial charge on any atom is 0.283 e. The first-order valence-electron chi connectivity index (χ1n) is 9.69. The summed E-state index contributed by atoms with van der Waals surface area (Å²) in [5.74, 6) is -0.305. The van der Waals surface area contributed by atoms with Crippen molar-refractivity contribution in [3.8, 4) is 0 Å². The molecule has 0 saturated carbocycles. The summed E-state index contributed by atoms with van der Waals surface area (Å²) in [5.41, 5.74) is 5.93. The van der Waals surface area contributed by atoms with Crippen LogP contribution in [0.2, 0.25) is 5.02 Å². The third-order valence-corrected chi connectivity index (χ3v) is 6.91. The summed E-state index contributed by atoms with van der Waals surface area (Å²) in [5, 5.41) is 7.90. The second kappa shape index (κ2) is 7.59. The number of nitrogens with zero attached hydrogens (tertiary/aromatic N) is 2. The first-order chi connectivity index (χ1) is 14.7. The number of para-hydroxylation sites is 1. The van der Waals surface area contributed by atoms with Gasteiger partial charge >= 0.3 is 0 Å². The quantitative estimate of drug-likeness (QED) is 0.258. The molecule has 2 aromatic heterocycles. The Labute approximate surface area is 182 Å². The van der Waals surface area contributed by atoms with Crippen molar-refractivity contribution in [1.29, 1.82) is 0 Å². The number of amides is 1. The molecule has 0 spiro atoms. The van der Waals surface area contributed by atoms with Crippen LogP contribution in [0.1, 0.15) is 22.2 Å². The Morgan fingerprint density at radius 3 is 2.57 bits per heavy atom. The number of fused-ring (bicyclic) bond motifs is 4. The molecule has 3 aromatic carbocycles. The van der Waals surface area contributed by atoms with E-state index in [1.807, 2.05) is 30.3 Å². The first-order valence-corrected chi connectivity index (χ1v) is 10.9. The van der Waals surface area contributed by atoms with Gasteiger partial charge < -0.3 is 4.57 Å². The second-order valence-corrected chi connectivity index (χ2v) is 8.41. The lowest BCUT2D eigenvalue weighted by molar-refractivity contribution is 0.0959. The van der Waals surface area contributed by atoms with E-state index in [0.717, 1.165) is 22.2 Å². The molecule has 6 heteroatoms. The number of thiophene rings is 1. The molecule has 4 nitrogen and oxygen atoms in total. The Morgan fingerprint density at radius 1 is 1.03 bits per heavy atom. The van der Waals surface area contributed by atoms with Crippen molar-refractivity contribution in [3.05, 3.63) is 82.2 Å². The van der Waals surface area contributed by atoms with E-state index < -0.39 is 0 Å². The molecule has 5 aromatic rings. The van der Waals surface area contributed by atoms with Gasteiger partial charge in [-0.1, -0.05) is 54.1 Å². The lowest BCUT2D eigenvalue weighted by atomic mass is 10.1. The largest absolute Gasteiger partial charge is 0.341 e. The normalized spacial score (nSPS) is 11.8. The zero-order chi connectivity index (χ0) is 20.7. The number of aryl methyl sites for hydroxylation is 1. The SMILES string of the molecule is CCn1c2ccccc2c2cc(C=NNC(=O)c3sc4ccccc4c3Cl)ccc21. The van der Waals surface area contributed by atoms with Gasteiger partial charge in [0.05, 0.1) is 11.2 Å². The molecule has 0 aliphatic rings. The van der Waals surface area contributed by atoms with Crippen LogP contribution in [0.5, 0.6) is 0 Å². The molecule has 2 heterocycles. The van der Waals surface area contributed by atoms with Crippen LogP contribution in [0.3, 0.4) is 0 Å². The van der Waals surface area contributed by atoms with Gasteiger partial charge in [-0.2, -0.15) is 5.10 Å². The van der Waals surface area contributed by atoms with E-state index in [1.54, 1.807) is 6.21 Å². The highest BCUT2D eigenvalue weighted by molar-refractivity contribution is 7.21. The van der Waals surface area contributed by atoms with Crippen molar-refractivity contribution in [2.75, 3.05) is 0 Å². The molecule has 5 rings (SSSR count). The van der Waals surface area contributed by atoms with E-state index in [4.69, 9.17) is 11.6 Å². The summed E-state index contributed by atoms with van der Waals surface area (Å²) in [7, 11) is 0. The maximum absolute atomic E-state index is 12.6. The number of rotatable bonds is 4. The highest BCUT2D eigenvalue weighted by Crippen LogP contribution is 2.35. The van der Waals surface area contributed by atoms with Crippen molar-refractivity contribution < 1.29 is 4.79 Å². The van der Waals surface area contributed by atoms with Crippen molar-refractivity contribution in [2.24, 2.45) is 5.10 Å². The maximum atomic E-state index is 12.6. The minimum absolute atomic E-state index is 0.305. The van der Waals surface area contributed by atoms with Crippen LogP contribution in [-0.4, -0.2) is 16.7 Å². The molecule has 0 unspecified atom stereocenters. The number of aromatic nitrogens is 1. The van der Waals surface area contributed by atoms with Crippen LogP contribution in [0.15, 0.2) is 71.8 Å². The van der Waals surface area contributed by atoms with E-state index in [-0.39, 0.29) is 5.91 Å². The topological polar surface area (TPSA) is 46.4 Å². The Morgan fingerprint density at radius 2 is 1.77 bits per heavy atom. The minimum Gasteiger partial charge on any atom is -0.341 e. The van der Waals surface area contributed by atoms with Gasteiger partial charge in [-0.3, -0.25) is 4.79 Å². The van der Waals surface area contributed by atoms with Crippen LogP contribution in [0, 0.1) is 0 Å².